The summed E-state index contributed by atoms with van der Waals surface area (Å²) in [6.07, 6.45) is 3.40. The molecule has 1 aromatic heterocycles. The quantitative estimate of drug-likeness (QED) is 0.636. The number of nitrogens with zero attached hydrogens (tertiary/aromatic N) is 2. The summed E-state index contributed by atoms with van der Waals surface area (Å²) in [5.74, 6) is 0. The van der Waals surface area contributed by atoms with Gasteiger partial charge < -0.3 is 11.1 Å². The van der Waals surface area contributed by atoms with Crippen LogP contribution in [-0.4, -0.2) is 15.1 Å². The van der Waals surface area contributed by atoms with Crippen LogP contribution >= 0.6 is 12.2 Å². The predicted octanol–water partition coefficient (Wildman–Crippen LogP) is 0.118. The average molecular weight is 182 g/mol. The standard InChI is InChI=1S/C7H10N4S/c1-5-2-10-6(3-9-5)4-11-7(8)12/h2-3H,4H2,1H3,(H3,8,11,12). The van der Waals surface area contributed by atoms with E-state index in [4.69, 9.17) is 5.73 Å². The van der Waals surface area contributed by atoms with Crippen LogP contribution in [0.3, 0.4) is 0 Å². The van der Waals surface area contributed by atoms with E-state index in [0.29, 0.717) is 6.54 Å². The van der Waals surface area contributed by atoms with Crippen LogP contribution in [0.5, 0.6) is 0 Å². The monoisotopic (exact) mass is 182 g/mol. The molecule has 0 spiro atoms. The first-order chi connectivity index (χ1) is 5.68. The van der Waals surface area contributed by atoms with Gasteiger partial charge in [0, 0.05) is 6.20 Å². The van der Waals surface area contributed by atoms with Gasteiger partial charge in [0.2, 0.25) is 0 Å². The molecule has 5 heteroatoms. The van der Waals surface area contributed by atoms with Gasteiger partial charge in [0.15, 0.2) is 5.11 Å². The van der Waals surface area contributed by atoms with Crippen molar-refractivity contribution in [3.63, 3.8) is 0 Å². The van der Waals surface area contributed by atoms with E-state index in [9.17, 15) is 0 Å². The summed E-state index contributed by atoms with van der Waals surface area (Å²) >= 11 is 4.64. The highest BCUT2D eigenvalue weighted by Gasteiger charge is 1.93. The molecule has 0 aliphatic carbocycles. The smallest absolute Gasteiger partial charge is 0.163 e. The van der Waals surface area contributed by atoms with Crippen molar-refractivity contribution in [3.8, 4) is 0 Å². The second-order valence-electron chi connectivity index (χ2n) is 2.37. The van der Waals surface area contributed by atoms with Gasteiger partial charge in [-0.05, 0) is 19.1 Å². The van der Waals surface area contributed by atoms with Gasteiger partial charge in [-0.15, -0.1) is 0 Å². The molecule has 0 fully saturated rings. The van der Waals surface area contributed by atoms with Crippen LogP contribution in [0.15, 0.2) is 12.4 Å². The van der Waals surface area contributed by atoms with E-state index in [1.54, 1.807) is 12.4 Å². The van der Waals surface area contributed by atoms with Crippen molar-refractivity contribution in [1.29, 1.82) is 0 Å². The molecule has 0 amide bonds. The van der Waals surface area contributed by atoms with Crippen molar-refractivity contribution in [3.05, 3.63) is 23.8 Å². The first-order valence-electron chi connectivity index (χ1n) is 3.49. The van der Waals surface area contributed by atoms with Crippen LogP contribution in [0.25, 0.3) is 0 Å². The first-order valence-corrected chi connectivity index (χ1v) is 3.90. The Hall–Kier alpha value is -1.23. The Labute approximate surface area is 76.2 Å². The maximum absolute atomic E-state index is 5.24. The Morgan fingerprint density at radius 2 is 2.33 bits per heavy atom. The third-order valence-corrected chi connectivity index (χ3v) is 1.42. The summed E-state index contributed by atoms with van der Waals surface area (Å²) in [6.45, 7) is 2.42. The topological polar surface area (TPSA) is 63.8 Å². The lowest BCUT2D eigenvalue weighted by atomic mass is 10.4. The molecule has 0 saturated heterocycles. The van der Waals surface area contributed by atoms with Crippen molar-refractivity contribution in [2.75, 3.05) is 0 Å². The highest BCUT2D eigenvalue weighted by Crippen LogP contribution is 1.92. The number of nitrogens with two attached hydrogens (primary N) is 1. The zero-order chi connectivity index (χ0) is 8.97. The van der Waals surface area contributed by atoms with Crippen LogP contribution in [-0.2, 0) is 6.54 Å². The average Bonchev–Trinajstić information content (AvgIpc) is 2.03. The summed E-state index contributed by atoms with van der Waals surface area (Å²) in [7, 11) is 0. The van der Waals surface area contributed by atoms with Gasteiger partial charge in [0.25, 0.3) is 0 Å². The minimum Gasteiger partial charge on any atom is -0.376 e. The van der Waals surface area contributed by atoms with E-state index in [1.807, 2.05) is 6.92 Å². The number of thiocarbonyl (C=S) groups is 1. The fourth-order valence-electron chi connectivity index (χ4n) is 0.688. The van der Waals surface area contributed by atoms with Crippen molar-refractivity contribution in [1.82, 2.24) is 15.3 Å². The van der Waals surface area contributed by atoms with Crippen LogP contribution < -0.4 is 11.1 Å². The van der Waals surface area contributed by atoms with E-state index in [2.05, 4.69) is 27.5 Å². The van der Waals surface area contributed by atoms with Crippen LogP contribution in [0.2, 0.25) is 0 Å². The second kappa shape index (κ2) is 3.96. The van der Waals surface area contributed by atoms with Crippen molar-refractivity contribution < 1.29 is 0 Å². The normalized spacial score (nSPS) is 9.42. The summed E-state index contributed by atoms with van der Waals surface area (Å²) in [5, 5.41) is 3.06. The minimum absolute atomic E-state index is 0.275. The lowest BCUT2D eigenvalue weighted by Gasteiger charge is -2.01. The van der Waals surface area contributed by atoms with Crippen LogP contribution in [0.1, 0.15) is 11.4 Å². The molecule has 1 aromatic rings. The minimum atomic E-state index is 0.275. The molecular formula is C7H10N4S. The van der Waals surface area contributed by atoms with E-state index in [1.165, 1.54) is 0 Å². The maximum Gasteiger partial charge on any atom is 0.163 e. The molecule has 4 nitrogen and oxygen atoms in total. The highest BCUT2D eigenvalue weighted by atomic mass is 32.1. The summed E-state index contributed by atoms with van der Waals surface area (Å²) in [4.78, 5) is 8.18. The SMILES string of the molecule is Cc1cnc(CNC(N)=S)cn1. The zero-order valence-electron chi connectivity index (χ0n) is 6.74. The summed E-state index contributed by atoms with van der Waals surface area (Å²) in [5.41, 5.74) is 6.97. The molecule has 0 aliphatic heterocycles. The molecular weight excluding hydrogens is 172 g/mol. The Morgan fingerprint density at radius 3 is 2.83 bits per heavy atom. The molecule has 0 unspecified atom stereocenters. The molecule has 12 heavy (non-hydrogen) atoms. The van der Waals surface area contributed by atoms with E-state index < -0.39 is 0 Å². The molecule has 3 N–H and O–H groups in total. The van der Waals surface area contributed by atoms with Gasteiger partial charge in [-0.25, -0.2) is 0 Å². The van der Waals surface area contributed by atoms with Crippen LogP contribution in [0, 0.1) is 6.92 Å². The van der Waals surface area contributed by atoms with Gasteiger partial charge >= 0.3 is 0 Å². The van der Waals surface area contributed by atoms with Crippen LogP contribution in [0.4, 0.5) is 0 Å². The largest absolute Gasteiger partial charge is 0.376 e. The predicted molar refractivity (Wildman–Crippen MR) is 50.4 cm³/mol. The van der Waals surface area contributed by atoms with Gasteiger partial charge in [-0.3, -0.25) is 9.97 Å². The number of aromatic nitrogens is 2. The van der Waals surface area contributed by atoms with E-state index >= 15 is 0 Å². The van der Waals surface area contributed by atoms with Gasteiger partial charge in [-0.2, -0.15) is 0 Å². The summed E-state index contributed by atoms with van der Waals surface area (Å²) in [6, 6.07) is 0. The van der Waals surface area contributed by atoms with E-state index in [0.717, 1.165) is 11.4 Å². The molecule has 64 valence electrons. The van der Waals surface area contributed by atoms with E-state index in [-0.39, 0.29) is 5.11 Å². The Bertz CT molecular complexity index is 269. The maximum atomic E-state index is 5.24. The number of hydrogen-bond donors (Lipinski definition) is 2. The third-order valence-electron chi connectivity index (χ3n) is 1.28. The molecule has 0 saturated carbocycles. The fourth-order valence-corrected chi connectivity index (χ4v) is 0.760. The zero-order valence-corrected chi connectivity index (χ0v) is 7.56. The second-order valence-corrected chi connectivity index (χ2v) is 2.81. The number of nitrogens with one attached hydrogen (secondary N) is 1. The number of rotatable bonds is 2. The Balaban J connectivity index is 2.53. The van der Waals surface area contributed by atoms with Crippen molar-refractivity contribution in [2.45, 2.75) is 13.5 Å². The fraction of sp³-hybridized carbons (Fsp3) is 0.286. The molecule has 1 heterocycles. The van der Waals surface area contributed by atoms with Gasteiger partial charge in [-0.1, -0.05) is 0 Å². The van der Waals surface area contributed by atoms with Gasteiger partial charge in [0.05, 0.1) is 24.1 Å². The van der Waals surface area contributed by atoms with Gasteiger partial charge in [0.1, 0.15) is 0 Å². The molecule has 0 atom stereocenters. The highest BCUT2D eigenvalue weighted by molar-refractivity contribution is 7.80. The Kier molecular flexibility index (Phi) is 2.93. The molecule has 0 aliphatic rings. The van der Waals surface area contributed by atoms with Crippen molar-refractivity contribution >= 4 is 17.3 Å². The summed E-state index contributed by atoms with van der Waals surface area (Å²) < 4.78 is 0. The third kappa shape index (κ3) is 2.79. The number of aryl methyl sites for hydroxylation is 1. The lowest BCUT2D eigenvalue weighted by Crippen LogP contribution is -2.28. The molecule has 0 aromatic carbocycles. The lowest BCUT2D eigenvalue weighted by molar-refractivity contribution is 0.859. The molecule has 0 bridgehead atoms. The van der Waals surface area contributed by atoms with Crippen molar-refractivity contribution in [2.24, 2.45) is 5.73 Å². The first kappa shape index (κ1) is 8.86. The molecule has 1 rings (SSSR count). The number of hydrogen-bond acceptors (Lipinski definition) is 3. The Morgan fingerprint density at radius 1 is 1.58 bits per heavy atom. The molecule has 0 radical (unpaired) electrons.